The average Bonchev–Trinajstić information content (AvgIpc) is 2.67. The van der Waals surface area contributed by atoms with Crippen molar-refractivity contribution in [2.75, 3.05) is 13.1 Å². The Kier molecular flexibility index (Phi) is 3.07. The first kappa shape index (κ1) is 11.4. The fraction of sp³-hybridized carbons (Fsp3) is 0.267. The Morgan fingerprint density at radius 3 is 3.06 bits per heavy atom. The number of nitrogens with one attached hydrogen (secondary N) is 1. The molecule has 18 heavy (non-hydrogen) atoms. The zero-order valence-electron chi connectivity index (χ0n) is 10.1. The molecule has 0 atom stereocenters. The van der Waals surface area contributed by atoms with Gasteiger partial charge in [0.1, 0.15) is 5.82 Å². The molecular weight excluding hydrogens is 227 g/mol. The third kappa shape index (κ3) is 2.14. The molecule has 1 N–H and O–H groups in total. The van der Waals surface area contributed by atoms with Gasteiger partial charge >= 0.3 is 0 Å². The Bertz CT molecular complexity index is 604. The Morgan fingerprint density at radius 1 is 1.17 bits per heavy atom. The second-order valence-corrected chi connectivity index (χ2v) is 4.54. The molecular formula is C15H15FN2. The van der Waals surface area contributed by atoms with Gasteiger partial charge in [-0.1, -0.05) is 6.08 Å². The first-order valence-corrected chi connectivity index (χ1v) is 6.29. The van der Waals surface area contributed by atoms with Crippen molar-refractivity contribution in [3.8, 4) is 0 Å². The van der Waals surface area contributed by atoms with Crippen LogP contribution in [0.2, 0.25) is 0 Å². The fourth-order valence-corrected chi connectivity index (χ4v) is 2.44. The average molecular weight is 242 g/mol. The van der Waals surface area contributed by atoms with Gasteiger partial charge in [0.2, 0.25) is 0 Å². The molecule has 2 aromatic rings. The molecule has 0 unspecified atom stereocenters. The highest BCUT2D eigenvalue weighted by Gasteiger charge is 2.09. The van der Waals surface area contributed by atoms with Crippen LogP contribution in [0.5, 0.6) is 0 Å². The predicted molar refractivity (Wildman–Crippen MR) is 71.8 cm³/mol. The molecule has 1 aromatic carbocycles. The third-order valence-corrected chi connectivity index (χ3v) is 3.33. The molecule has 1 aliphatic rings. The summed E-state index contributed by atoms with van der Waals surface area (Å²) < 4.78 is 13.4. The summed E-state index contributed by atoms with van der Waals surface area (Å²) in [7, 11) is 0. The Hall–Kier alpha value is -1.74. The number of hydrogen-bond acceptors (Lipinski definition) is 2. The van der Waals surface area contributed by atoms with Gasteiger partial charge in [0.25, 0.3) is 0 Å². The van der Waals surface area contributed by atoms with Gasteiger partial charge in [0, 0.05) is 11.6 Å². The van der Waals surface area contributed by atoms with E-state index in [4.69, 9.17) is 0 Å². The van der Waals surface area contributed by atoms with Crippen LogP contribution in [0, 0.1) is 5.82 Å². The van der Waals surface area contributed by atoms with E-state index in [0.717, 1.165) is 42.4 Å². The van der Waals surface area contributed by atoms with Crippen molar-refractivity contribution >= 4 is 16.5 Å². The predicted octanol–water partition coefficient (Wildman–Crippen LogP) is 3.14. The maximum Gasteiger partial charge on any atom is 0.123 e. The summed E-state index contributed by atoms with van der Waals surface area (Å²) in [6, 6.07) is 6.77. The van der Waals surface area contributed by atoms with E-state index in [2.05, 4.69) is 16.4 Å². The number of benzene rings is 1. The third-order valence-electron chi connectivity index (χ3n) is 3.33. The van der Waals surface area contributed by atoms with E-state index in [-0.39, 0.29) is 5.82 Å². The summed E-state index contributed by atoms with van der Waals surface area (Å²) in [5, 5.41) is 4.27. The van der Waals surface area contributed by atoms with Gasteiger partial charge in [-0.2, -0.15) is 0 Å². The normalized spacial score (nSPS) is 16.4. The van der Waals surface area contributed by atoms with Crippen LogP contribution in [0.3, 0.4) is 0 Å². The second kappa shape index (κ2) is 4.86. The van der Waals surface area contributed by atoms with Crippen molar-refractivity contribution in [1.82, 2.24) is 10.3 Å². The number of pyridine rings is 1. The van der Waals surface area contributed by atoms with Crippen LogP contribution in [0.4, 0.5) is 4.39 Å². The van der Waals surface area contributed by atoms with Gasteiger partial charge in [-0.15, -0.1) is 0 Å². The van der Waals surface area contributed by atoms with E-state index in [9.17, 15) is 4.39 Å². The van der Waals surface area contributed by atoms with Gasteiger partial charge in [-0.05, 0) is 61.3 Å². The highest BCUT2D eigenvalue weighted by atomic mass is 19.1. The second-order valence-electron chi connectivity index (χ2n) is 4.54. The van der Waals surface area contributed by atoms with Crippen LogP contribution < -0.4 is 5.32 Å². The minimum Gasteiger partial charge on any atom is -0.316 e. The molecule has 2 nitrogen and oxygen atoms in total. The van der Waals surface area contributed by atoms with Crippen LogP contribution in [-0.2, 0) is 0 Å². The molecule has 2 heterocycles. The summed E-state index contributed by atoms with van der Waals surface area (Å²) in [4.78, 5) is 4.29. The lowest BCUT2D eigenvalue weighted by atomic mass is 9.98. The molecule has 0 spiro atoms. The van der Waals surface area contributed by atoms with Crippen LogP contribution in [0.15, 0.2) is 36.5 Å². The molecule has 0 amide bonds. The van der Waals surface area contributed by atoms with Crippen molar-refractivity contribution in [2.24, 2.45) is 0 Å². The van der Waals surface area contributed by atoms with E-state index >= 15 is 0 Å². The van der Waals surface area contributed by atoms with E-state index in [1.165, 1.54) is 11.6 Å². The number of nitrogens with zero attached hydrogens (tertiary/aromatic N) is 1. The van der Waals surface area contributed by atoms with Crippen molar-refractivity contribution in [1.29, 1.82) is 0 Å². The molecule has 1 aromatic heterocycles. The molecule has 3 rings (SSSR count). The molecule has 1 aliphatic heterocycles. The molecule has 0 saturated carbocycles. The number of halogens is 1. The molecule has 0 aliphatic carbocycles. The SMILES string of the molecule is Fc1ccc2nccc(C3=CCCNCC3)c2c1. The van der Waals surface area contributed by atoms with Gasteiger partial charge < -0.3 is 5.32 Å². The molecule has 0 saturated heterocycles. The van der Waals surface area contributed by atoms with Crippen LogP contribution in [0.1, 0.15) is 18.4 Å². The molecule has 0 radical (unpaired) electrons. The number of rotatable bonds is 1. The monoisotopic (exact) mass is 242 g/mol. The fourth-order valence-electron chi connectivity index (χ4n) is 2.44. The van der Waals surface area contributed by atoms with Gasteiger partial charge in [0.15, 0.2) is 0 Å². The number of fused-ring (bicyclic) bond motifs is 1. The van der Waals surface area contributed by atoms with Crippen molar-refractivity contribution in [3.63, 3.8) is 0 Å². The van der Waals surface area contributed by atoms with Gasteiger partial charge in [-0.25, -0.2) is 4.39 Å². The lowest BCUT2D eigenvalue weighted by Gasteiger charge is -2.09. The summed E-state index contributed by atoms with van der Waals surface area (Å²) in [6.45, 7) is 1.99. The zero-order valence-corrected chi connectivity index (χ0v) is 10.1. The van der Waals surface area contributed by atoms with Gasteiger partial charge in [0.05, 0.1) is 5.52 Å². The zero-order chi connectivity index (χ0) is 12.4. The standard InChI is InChI=1S/C15H15FN2/c16-12-3-4-15-14(10-12)13(6-9-18-15)11-2-1-7-17-8-5-11/h2-4,6,9-10,17H,1,5,7-8H2. The van der Waals surface area contributed by atoms with E-state index in [1.54, 1.807) is 18.3 Å². The molecule has 0 bridgehead atoms. The Balaban J connectivity index is 2.15. The molecule has 0 fully saturated rings. The lowest BCUT2D eigenvalue weighted by molar-refractivity contribution is 0.629. The number of hydrogen-bond donors (Lipinski definition) is 1. The van der Waals surface area contributed by atoms with Gasteiger partial charge in [-0.3, -0.25) is 4.98 Å². The number of aromatic nitrogens is 1. The smallest absolute Gasteiger partial charge is 0.123 e. The van der Waals surface area contributed by atoms with E-state index in [0.29, 0.717) is 0 Å². The minimum absolute atomic E-state index is 0.205. The quantitative estimate of drug-likeness (QED) is 0.831. The van der Waals surface area contributed by atoms with E-state index in [1.807, 2.05) is 6.07 Å². The van der Waals surface area contributed by atoms with Crippen LogP contribution in [0.25, 0.3) is 16.5 Å². The maximum atomic E-state index is 13.4. The lowest BCUT2D eigenvalue weighted by Crippen LogP contribution is -2.13. The topological polar surface area (TPSA) is 24.9 Å². The summed E-state index contributed by atoms with van der Waals surface area (Å²) in [5.41, 5.74) is 3.26. The van der Waals surface area contributed by atoms with Crippen LogP contribution >= 0.6 is 0 Å². The van der Waals surface area contributed by atoms with Crippen molar-refractivity contribution in [3.05, 3.63) is 47.9 Å². The molecule has 92 valence electrons. The minimum atomic E-state index is -0.205. The van der Waals surface area contributed by atoms with Crippen molar-refractivity contribution < 1.29 is 4.39 Å². The Labute approximate surface area is 106 Å². The maximum absolute atomic E-state index is 13.4. The first-order valence-electron chi connectivity index (χ1n) is 6.29. The van der Waals surface area contributed by atoms with E-state index < -0.39 is 0 Å². The first-order chi connectivity index (χ1) is 8.84. The summed E-state index contributed by atoms with van der Waals surface area (Å²) in [5.74, 6) is -0.205. The molecule has 3 heteroatoms. The highest BCUT2D eigenvalue weighted by molar-refractivity contribution is 5.91. The van der Waals surface area contributed by atoms with Crippen molar-refractivity contribution in [2.45, 2.75) is 12.8 Å². The summed E-state index contributed by atoms with van der Waals surface area (Å²) >= 11 is 0. The summed E-state index contributed by atoms with van der Waals surface area (Å²) in [6.07, 6.45) is 6.05. The highest BCUT2D eigenvalue weighted by Crippen LogP contribution is 2.27. The van der Waals surface area contributed by atoms with Crippen LogP contribution in [-0.4, -0.2) is 18.1 Å². The largest absolute Gasteiger partial charge is 0.316 e. The Morgan fingerprint density at radius 2 is 2.11 bits per heavy atom.